The van der Waals surface area contributed by atoms with Crippen LogP contribution in [0, 0.1) is 39.7 Å². The number of halogens is 1. The van der Waals surface area contributed by atoms with Crippen molar-refractivity contribution in [2.24, 2.45) is 29.6 Å². The Kier molecular flexibility index (Phi) is 4.80. The van der Waals surface area contributed by atoms with Crippen LogP contribution in [0.4, 0.5) is 11.4 Å². The first-order chi connectivity index (χ1) is 12.9. The van der Waals surface area contributed by atoms with E-state index < -0.39 is 17.4 Å². The van der Waals surface area contributed by atoms with E-state index in [1.54, 1.807) is 0 Å². The molecular weight excluding hydrogens is 372 g/mol. The minimum absolute atomic E-state index is 0.0278. The number of benzene rings is 1. The summed E-state index contributed by atoms with van der Waals surface area (Å²) in [6.07, 6.45) is 5.68. The highest BCUT2D eigenvalue weighted by Crippen LogP contribution is 2.56. The third-order valence-corrected chi connectivity index (χ3v) is 6.51. The first-order valence-electron chi connectivity index (χ1n) is 9.31. The van der Waals surface area contributed by atoms with E-state index in [0.29, 0.717) is 11.8 Å². The third kappa shape index (κ3) is 3.65. The van der Waals surface area contributed by atoms with Gasteiger partial charge in [-0.25, -0.2) is 0 Å². The predicted octanol–water partition coefficient (Wildman–Crippen LogP) is 3.80. The minimum atomic E-state index is -0.623. The summed E-state index contributed by atoms with van der Waals surface area (Å²) in [6.45, 7) is -0.443. The van der Waals surface area contributed by atoms with Gasteiger partial charge in [-0.15, -0.1) is 0 Å². The second-order valence-corrected chi connectivity index (χ2v) is 8.47. The molecule has 1 amide bonds. The quantitative estimate of drug-likeness (QED) is 0.466. The number of nitro benzene ring substituents is 1. The van der Waals surface area contributed by atoms with Gasteiger partial charge < -0.3 is 10.1 Å². The molecule has 4 saturated carbocycles. The van der Waals surface area contributed by atoms with E-state index in [1.165, 1.54) is 18.6 Å². The highest BCUT2D eigenvalue weighted by Gasteiger charge is 2.51. The lowest BCUT2D eigenvalue weighted by atomic mass is 9.52. The summed E-state index contributed by atoms with van der Waals surface area (Å²) in [5, 5.41) is 13.7. The van der Waals surface area contributed by atoms with Gasteiger partial charge in [0.15, 0.2) is 6.61 Å². The van der Waals surface area contributed by atoms with Gasteiger partial charge in [-0.05, 0) is 67.9 Å². The van der Waals surface area contributed by atoms with E-state index in [9.17, 15) is 19.7 Å². The summed E-state index contributed by atoms with van der Waals surface area (Å²) in [6, 6.07) is 3.97. The Balaban J connectivity index is 1.35. The van der Waals surface area contributed by atoms with Gasteiger partial charge in [0.05, 0.1) is 10.8 Å². The van der Waals surface area contributed by atoms with Crippen molar-refractivity contribution < 1.29 is 19.2 Å². The molecule has 144 valence electrons. The van der Waals surface area contributed by atoms with Crippen LogP contribution in [0.3, 0.4) is 0 Å². The minimum Gasteiger partial charge on any atom is -0.455 e. The smallest absolute Gasteiger partial charge is 0.310 e. The number of nitrogens with zero attached hydrogens (tertiary/aromatic N) is 1. The van der Waals surface area contributed by atoms with Crippen LogP contribution in [0.25, 0.3) is 0 Å². The zero-order valence-corrected chi connectivity index (χ0v) is 15.5. The number of nitro groups is 1. The number of hydrogen-bond donors (Lipinski definition) is 1. The summed E-state index contributed by atoms with van der Waals surface area (Å²) in [7, 11) is 0. The Morgan fingerprint density at radius 1 is 1.15 bits per heavy atom. The topological polar surface area (TPSA) is 98.5 Å². The van der Waals surface area contributed by atoms with Gasteiger partial charge >= 0.3 is 5.97 Å². The van der Waals surface area contributed by atoms with Crippen LogP contribution in [0.15, 0.2) is 18.2 Å². The van der Waals surface area contributed by atoms with Gasteiger partial charge in [-0.3, -0.25) is 19.7 Å². The van der Waals surface area contributed by atoms with E-state index in [-0.39, 0.29) is 28.3 Å². The maximum absolute atomic E-state index is 12.6. The molecule has 0 atom stereocenters. The van der Waals surface area contributed by atoms with E-state index in [2.05, 4.69) is 5.32 Å². The maximum Gasteiger partial charge on any atom is 0.310 e. The molecule has 4 fully saturated rings. The van der Waals surface area contributed by atoms with Crippen molar-refractivity contribution in [2.45, 2.75) is 32.1 Å². The standard InChI is InChI=1S/C19H21ClN2O5/c20-14-1-2-15(16(8-14)22(25)26)21-17(23)9-27-19(24)18-12-4-10-3-11(6-12)7-13(18)5-10/h1-2,8,10-13,18H,3-7,9H2,(H,21,23). The fraction of sp³-hybridized carbons (Fsp3) is 0.579. The first kappa shape index (κ1) is 18.2. The van der Waals surface area contributed by atoms with Crippen molar-refractivity contribution >= 4 is 34.9 Å². The number of anilines is 1. The van der Waals surface area contributed by atoms with E-state index in [0.717, 1.165) is 43.6 Å². The molecule has 8 heteroatoms. The van der Waals surface area contributed by atoms with Crippen LogP contribution in [0.2, 0.25) is 5.02 Å². The Morgan fingerprint density at radius 2 is 1.78 bits per heavy atom. The van der Waals surface area contributed by atoms with Gasteiger partial charge in [0.1, 0.15) is 5.69 Å². The number of esters is 1. The lowest BCUT2D eigenvalue weighted by molar-refractivity contribution is -0.383. The third-order valence-electron chi connectivity index (χ3n) is 6.27. The summed E-state index contributed by atoms with van der Waals surface area (Å²) in [5.41, 5.74) is -0.275. The summed E-state index contributed by atoms with van der Waals surface area (Å²) < 4.78 is 5.28. The molecule has 7 nitrogen and oxygen atoms in total. The number of rotatable bonds is 5. The predicted molar refractivity (Wildman–Crippen MR) is 98.2 cm³/mol. The molecule has 1 aromatic carbocycles. The molecule has 4 bridgehead atoms. The largest absolute Gasteiger partial charge is 0.455 e. The van der Waals surface area contributed by atoms with Crippen LogP contribution in [0.5, 0.6) is 0 Å². The van der Waals surface area contributed by atoms with Crippen molar-refractivity contribution in [1.82, 2.24) is 0 Å². The van der Waals surface area contributed by atoms with Crippen LogP contribution < -0.4 is 5.32 Å². The first-order valence-corrected chi connectivity index (χ1v) is 9.69. The Bertz CT molecular complexity index is 768. The fourth-order valence-corrected chi connectivity index (χ4v) is 5.66. The lowest BCUT2D eigenvalue weighted by Gasteiger charge is -2.53. The second kappa shape index (κ2) is 7.11. The van der Waals surface area contributed by atoms with Gasteiger partial charge in [0, 0.05) is 11.1 Å². The van der Waals surface area contributed by atoms with Crippen molar-refractivity contribution in [1.29, 1.82) is 0 Å². The summed E-state index contributed by atoms with van der Waals surface area (Å²) in [4.78, 5) is 35.2. The average molecular weight is 393 g/mol. The summed E-state index contributed by atoms with van der Waals surface area (Å²) >= 11 is 5.76. The van der Waals surface area contributed by atoms with Crippen LogP contribution in [-0.4, -0.2) is 23.4 Å². The molecule has 4 aliphatic rings. The Labute approximate surface area is 161 Å². The summed E-state index contributed by atoms with van der Waals surface area (Å²) in [5.74, 6) is 1.27. The number of hydrogen-bond acceptors (Lipinski definition) is 5. The fourth-order valence-electron chi connectivity index (χ4n) is 5.49. The van der Waals surface area contributed by atoms with Crippen molar-refractivity contribution in [3.05, 3.63) is 33.3 Å². The van der Waals surface area contributed by atoms with Crippen molar-refractivity contribution in [2.75, 3.05) is 11.9 Å². The Hall–Kier alpha value is -2.15. The molecule has 0 aliphatic heterocycles. The van der Waals surface area contributed by atoms with Gasteiger partial charge in [0.25, 0.3) is 11.6 Å². The normalized spacial score (nSPS) is 30.8. The molecule has 0 aromatic heterocycles. The van der Waals surface area contributed by atoms with E-state index in [1.807, 2.05) is 0 Å². The van der Waals surface area contributed by atoms with E-state index >= 15 is 0 Å². The monoisotopic (exact) mass is 392 g/mol. The number of nitrogens with one attached hydrogen (secondary N) is 1. The molecule has 0 heterocycles. The van der Waals surface area contributed by atoms with Crippen molar-refractivity contribution in [3.8, 4) is 0 Å². The van der Waals surface area contributed by atoms with Gasteiger partial charge in [-0.1, -0.05) is 11.6 Å². The molecule has 1 N–H and O–H groups in total. The average Bonchev–Trinajstić information content (AvgIpc) is 2.60. The SMILES string of the molecule is O=C(COC(=O)C1C2CC3CC(C2)CC1C3)Nc1ccc(Cl)cc1[N+](=O)[O-]. The lowest BCUT2D eigenvalue weighted by Crippen LogP contribution is -2.48. The van der Waals surface area contributed by atoms with Crippen LogP contribution in [0.1, 0.15) is 32.1 Å². The van der Waals surface area contributed by atoms with Crippen molar-refractivity contribution in [3.63, 3.8) is 0 Å². The molecule has 27 heavy (non-hydrogen) atoms. The Morgan fingerprint density at radius 3 is 2.37 bits per heavy atom. The molecule has 0 spiro atoms. The molecule has 0 radical (unpaired) electrons. The maximum atomic E-state index is 12.6. The zero-order chi connectivity index (χ0) is 19.1. The van der Waals surface area contributed by atoms with Gasteiger partial charge in [0.2, 0.25) is 0 Å². The molecule has 5 rings (SSSR count). The second-order valence-electron chi connectivity index (χ2n) is 8.03. The number of carbonyl (C=O) groups excluding carboxylic acids is 2. The number of ether oxygens (including phenoxy) is 1. The number of amides is 1. The molecule has 0 saturated heterocycles. The van der Waals surface area contributed by atoms with Gasteiger partial charge in [-0.2, -0.15) is 0 Å². The zero-order valence-electron chi connectivity index (χ0n) is 14.7. The van der Waals surface area contributed by atoms with E-state index in [4.69, 9.17) is 16.3 Å². The highest BCUT2D eigenvalue weighted by molar-refractivity contribution is 6.31. The molecule has 0 unspecified atom stereocenters. The van der Waals surface area contributed by atoms with Crippen LogP contribution >= 0.6 is 11.6 Å². The number of carbonyl (C=O) groups is 2. The molecular formula is C19H21ClN2O5. The highest BCUT2D eigenvalue weighted by atomic mass is 35.5. The molecule has 4 aliphatic carbocycles. The molecule has 1 aromatic rings. The van der Waals surface area contributed by atoms with Crippen LogP contribution in [-0.2, 0) is 14.3 Å².